The van der Waals surface area contributed by atoms with Gasteiger partial charge in [0, 0.05) is 36.8 Å². The molecule has 0 atom stereocenters. The van der Waals surface area contributed by atoms with Crippen LogP contribution in [0.25, 0.3) is 11.2 Å². The SMILES string of the molecule is CNc1nccc(Sc2nn(Cc3ccc(OC)cc3)c3nc(N4CCC(C)(N)CC4)cnc23)c1Cl. The third-order valence-electron chi connectivity index (χ3n) is 6.42. The Morgan fingerprint density at radius 2 is 1.92 bits per heavy atom. The number of aromatic nitrogens is 5. The van der Waals surface area contributed by atoms with E-state index in [2.05, 4.69) is 22.1 Å². The van der Waals surface area contributed by atoms with Gasteiger partial charge in [-0.3, -0.25) is 0 Å². The van der Waals surface area contributed by atoms with Crippen molar-refractivity contribution in [2.24, 2.45) is 5.73 Å². The average Bonchev–Trinajstić information content (AvgIpc) is 3.22. The summed E-state index contributed by atoms with van der Waals surface area (Å²) in [5.74, 6) is 2.27. The molecule has 0 radical (unpaired) electrons. The summed E-state index contributed by atoms with van der Waals surface area (Å²) >= 11 is 8.04. The van der Waals surface area contributed by atoms with E-state index in [-0.39, 0.29) is 5.54 Å². The molecule has 0 aliphatic carbocycles. The van der Waals surface area contributed by atoms with E-state index in [1.807, 2.05) is 41.2 Å². The van der Waals surface area contributed by atoms with Gasteiger partial charge in [0.05, 0.1) is 24.9 Å². The Hall–Kier alpha value is -3.08. The number of pyridine rings is 1. The molecule has 0 bridgehead atoms. The van der Waals surface area contributed by atoms with E-state index in [0.717, 1.165) is 64.1 Å². The Labute approximate surface area is 219 Å². The minimum absolute atomic E-state index is 0.135. The molecule has 3 N–H and O–H groups in total. The zero-order valence-electron chi connectivity index (χ0n) is 20.5. The number of ether oxygens (including phenoxy) is 1. The number of methoxy groups -OCH3 is 1. The van der Waals surface area contributed by atoms with Crippen molar-refractivity contribution in [3.8, 4) is 5.75 Å². The summed E-state index contributed by atoms with van der Waals surface area (Å²) in [5, 5.41) is 9.22. The van der Waals surface area contributed by atoms with Gasteiger partial charge in [-0.2, -0.15) is 5.10 Å². The first-order chi connectivity index (χ1) is 17.4. The van der Waals surface area contributed by atoms with Crippen molar-refractivity contribution in [2.45, 2.75) is 41.8 Å². The highest BCUT2D eigenvalue weighted by Crippen LogP contribution is 2.38. The third kappa shape index (κ3) is 5.07. The molecule has 0 amide bonds. The van der Waals surface area contributed by atoms with Crippen LogP contribution in [-0.2, 0) is 6.54 Å². The van der Waals surface area contributed by atoms with Gasteiger partial charge < -0.3 is 20.7 Å². The lowest BCUT2D eigenvalue weighted by Crippen LogP contribution is -2.48. The van der Waals surface area contributed by atoms with E-state index < -0.39 is 0 Å². The molecule has 9 nitrogen and oxygen atoms in total. The highest BCUT2D eigenvalue weighted by Gasteiger charge is 2.27. The number of piperidine rings is 1. The Morgan fingerprint density at radius 3 is 2.61 bits per heavy atom. The summed E-state index contributed by atoms with van der Waals surface area (Å²) in [6.45, 7) is 4.35. The van der Waals surface area contributed by atoms with Gasteiger partial charge in [-0.15, -0.1) is 0 Å². The van der Waals surface area contributed by atoms with Crippen LogP contribution in [0.15, 0.2) is 52.6 Å². The predicted molar refractivity (Wildman–Crippen MR) is 144 cm³/mol. The molecule has 1 saturated heterocycles. The molecular formula is C25H29ClN8OS. The molecule has 0 spiro atoms. The molecule has 188 valence electrons. The van der Waals surface area contributed by atoms with Crippen LogP contribution < -0.4 is 20.7 Å². The molecule has 5 rings (SSSR count). The molecule has 0 unspecified atom stereocenters. The van der Waals surface area contributed by atoms with Gasteiger partial charge in [0.1, 0.15) is 22.9 Å². The quantitative estimate of drug-likeness (QED) is 0.362. The van der Waals surface area contributed by atoms with Crippen LogP contribution in [0.5, 0.6) is 5.75 Å². The maximum atomic E-state index is 6.58. The van der Waals surface area contributed by atoms with Gasteiger partial charge in [-0.25, -0.2) is 19.6 Å². The molecule has 36 heavy (non-hydrogen) atoms. The van der Waals surface area contributed by atoms with Crippen molar-refractivity contribution >= 4 is 46.2 Å². The van der Waals surface area contributed by atoms with E-state index in [9.17, 15) is 0 Å². The number of hydrogen-bond acceptors (Lipinski definition) is 9. The lowest BCUT2D eigenvalue weighted by Gasteiger charge is -2.37. The maximum Gasteiger partial charge on any atom is 0.180 e. The van der Waals surface area contributed by atoms with Gasteiger partial charge >= 0.3 is 0 Å². The third-order valence-corrected chi connectivity index (χ3v) is 7.94. The second kappa shape index (κ2) is 10.1. The van der Waals surface area contributed by atoms with Crippen molar-refractivity contribution < 1.29 is 4.74 Å². The Balaban J connectivity index is 1.53. The number of nitrogens with zero attached hydrogens (tertiary/aromatic N) is 6. The van der Waals surface area contributed by atoms with Crippen molar-refractivity contribution in [3.05, 3.63) is 53.3 Å². The Bertz CT molecular complexity index is 1360. The number of fused-ring (bicyclic) bond motifs is 1. The molecule has 1 aliphatic rings. The Morgan fingerprint density at radius 1 is 1.17 bits per heavy atom. The molecule has 1 fully saturated rings. The molecular weight excluding hydrogens is 496 g/mol. The molecule has 0 saturated carbocycles. The summed E-state index contributed by atoms with van der Waals surface area (Å²) in [5.41, 5.74) is 8.75. The van der Waals surface area contributed by atoms with E-state index in [1.165, 1.54) is 11.8 Å². The van der Waals surface area contributed by atoms with Crippen molar-refractivity contribution in [1.29, 1.82) is 0 Å². The van der Waals surface area contributed by atoms with Crippen LogP contribution in [0.2, 0.25) is 5.02 Å². The number of anilines is 2. The standard InChI is InChI=1S/C25H29ClN8OS/c1-25(27)9-12-33(13-10-25)19-14-30-21-23(31-19)34(15-16-4-6-17(35-3)7-5-16)32-24(21)36-18-8-11-29-22(28-2)20(18)26/h4-8,11,14H,9-10,12-13,15,27H2,1-3H3,(H,28,29). The van der Waals surface area contributed by atoms with Gasteiger partial charge in [-0.05, 0) is 43.5 Å². The lowest BCUT2D eigenvalue weighted by atomic mass is 9.91. The monoisotopic (exact) mass is 524 g/mol. The van der Waals surface area contributed by atoms with Gasteiger partial charge in [0.15, 0.2) is 10.7 Å². The first-order valence-electron chi connectivity index (χ1n) is 11.8. The van der Waals surface area contributed by atoms with Crippen LogP contribution in [0, 0.1) is 0 Å². The van der Waals surface area contributed by atoms with Gasteiger partial charge in [-0.1, -0.05) is 35.5 Å². The highest BCUT2D eigenvalue weighted by atomic mass is 35.5. The number of halogens is 1. The van der Waals surface area contributed by atoms with Crippen molar-refractivity contribution in [1.82, 2.24) is 24.7 Å². The summed E-state index contributed by atoms with van der Waals surface area (Å²) in [6.07, 6.45) is 5.38. The average molecular weight is 525 g/mol. The summed E-state index contributed by atoms with van der Waals surface area (Å²) in [4.78, 5) is 17.2. The van der Waals surface area contributed by atoms with Crippen LogP contribution in [0.1, 0.15) is 25.3 Å². The summed E-state index contributed by atoms with van der Waals surface area (Å²) in [6, 6.07) is 9.83. The van der Waals surface area contributed by atoms with Gasteiger partial charge in [0.25, 0.3) is 0 Å². The number of nitrogens with one attached hydrogen (secondary N) is 1. The number of benzene rings is 1. The minimum atomic E-state index is -0.135. The maximum absolute atomic E-state index is 6.58. The molecule has 3 aromatic heterocycles. The fraction of sp³-hybridized carbons (Fsp3) is 0.360. The Kier molecular flexibility index (Phi) is 6.92. The second-order valence-electron chi connectivity index (χ2n) is 9.18. The van der Waals surface area contributed by atoms with Crippen LogP contribution in [0.4, 0.5) is 11.6 Å². The zero-order chi connectivity index (χ0) is 25.3. The number of nitrogens with two attached hydrogens (primary N) is 1. The van der Waals surface area contributed by atoms with E-state index >= 15 is 0 Å². The summed E-state index contributed by atoms with van der Waals surface area (Å²) < 4.78 is 7.21. The first-order valence-corrected chi connectivity index (χ1v) is 13.0. The summed E-state index contributed by atoms with van der Waals surface area (Å²) in [7, 11) is 3.46. The zero-order valence-corrected chi connectivity index (χ0v) is 22.1. The van der Waals surface area contributed by atoms with E-state index in [1.54, 1.807) is 20.4 Å². The molecule has 11 heteroatoms. The molecule has 4 heterocycles. The fourth-order valence-electron chi connectivity index (χ4n) is 4.17. The molecule has 4 aromatic rings. The van der Waals surface area contributed by atoms with Gasteiger partial charge in [0.2, 0.25) is 0 Å². The van der Waals surface area contributed by atoms with Crippen molar-refractivity contribution in [3.63, 3.8) is 0 Å². The van der Waals surface area contributed by atoms with Crippen LogP contribution >= 0.6 is 23.4 Å². The fourth-order valence-corrected chi connectivity index (χ4v) is 5.40. The first kappa shape index (κ1) is 24.6. The predicted octanol–water partition coefficient (Wildman–Crippen LogP) is 4.44. The van der Waals surface area contributed by atoms with E-state index in [0.29, 0.717) is 17.4 Å². The normalized spacial score (nSPS) is 15.3. The molecule has 1 aliphatic heterocycles. The minimum Gasteiger partial charge on any atom is -0.497 e. The van der Waals surface area contributed by atoms with E-state index in [4.69, 9.17) is 37.1 Å². The number of hydrogen-bond donors (Lipinski definition) is 2. The topological polar surface area (TPSA) is 107 Å². The second-order valence-corrected chi connectivity index (χ2v) is 10.6. The lowest BCUT2D eigenvalue weighted by molar-refractivity contribution is 0.363. The highest BCUT2D eigenvalue weighted by molar-refractivity contribution is 7.99. The largest absolute Gasteiger partial charge is 0.497 e. The van der Waals surface area contributed by atoms with Crippen molar-refractivity contribution in [2.75, 3.05) is 37.5 Å². The van der Waals surface area contributed by atoms with Crippen LogP contribution in [-0.4, -0.2) is 57.5 Å². The molecule has 1 aromatic carbocycles. The number of rotatable bonds is 7. The smallest absolute Gasteiger partial charge is 0.180 e. The van der Waals surface area contributed by atoms with Crippen LogP contribution in [0.3, 0.4) is 0 Å².